The summed E-state index contributed by atoms with van der Waals surface area (Å²) in [4.78, 5) is 0. The van der Waals surface area contributed by atoms with Gasteiger partial charge >= 0.3 is 0 Å². The van der Waals surface area contributed by atoms with Gasteiger partial charge in [0.15, 0.2) is 0 Å². The second-order valence-electron chi connectivity index (χ2n) is 6.24. The maximum absolute atomic E-state index is 6.17. The summed E-state index contributed by atoms with van der Waals surface area (Å²) in [5.74, 6) is 2.55. The van der Waals surface area contributed by atoms with Crippen molar-refractivity contribution in [2.24, 2.45) is 0 Å². The number of thioether (sulfide) groups is 1. The highest BCUT2D eigenvalue weighted by Crippen LogP contribution is 2.37. The van der Waals surface area contributed by atoms with E-state index in [1.165, 1.54) is 42.8 Å². The zero-order valence-electron chi connectivity index (χ0n) is 12.3. The van der Waals surface area contributed by atoms with Gasteiger partial charge in [-0.1, -0.05) is 0 Å². The van der Waals surface area contributed by atoms with Crippen molar-refractivity contribution in [1.29, 1.82) is 0 Å². The van der Waals surface area contributed by atoms with Crippen LogP contribution >= 0.6 is 23.1 Å². The Hall–Kier alpha value is -0.0300. The summed E-state index contributed by atoms with van der Waals surface area (Å²) in [5, 5.41) is 8.28. The fourth-order valence-corrected chi connectivity index (χ4v) is 5.40. The van der Waals surface area contributed by atoms with Crippen molar-refractivity contribution in [3.63, 3.8) is 0 Å². The second kappa shape index (κ2) is 6.82. The fraction of sp³-hybridized carbons (Fsp3) is 0.750. The molecule has 1 aromatic heterocycles. The van der Waals surface area contributed by atoms with Gasteiger partial charge in [0.25, 0.3) is 0 Å². The van der Waals surface area contributed by atoms with Gasteiger partial charge in [-0.15, -0.1) is 0 Å². The highest BCUT2D eigenvalue weighted by molar-refractivity contribution is 7.99. The summed E-state index contributed by atoms with van der Waals surface area (Å²) < 4.78 is 6.17. The minimum atomic E-state index is 0.198. The van der Waals surface area contributed by atoms with E-state index in [4.69, 9.17) is 4.74 Å². The number of nitrogens with one attached hydrogen (secondary N) is 1. The van der Waals surface area contributed by atoms with Crippen molar-refractivity contribution in [1.82, 2.24) is 5.32 Å². The Labute approximate surface area is 130 Å². The average molecular weight is 312 g/mol. The molecular formula is C16H25NOS2. The predicted molar refractivity (Wildman–Crippen MR) is 88.9 cm³/mol. The standard InChI is InChI=1S/C16H25NOS2/c1-13(10-14-3-7-20-12-14)17-15-2-6-18-16(11-15)4-8-19-9-5-16/h3,7,12-13,15,17H,2,4-6,8-11H2,1H3. The summed E-state index contributed by atoms with van der Waals surface area (Å²) in [6, 6.07) is 3.44. The fourth-order valence-electron chi connectivity index (χ4n) is 3.49. The number of hydrogen-bond donors (Lipinski definition) is 1. The minimum absolute atomic E-state index is 0.198. The molecule has 2 aliphatic rings. The largest absolute Gasteiger partial charge is 0.375 e. The third-order valence-electron chi connectivity index (χ3n) is 4.54. The van der Waals surface area contributed by atoms with Gasteiger partial charge in [0, 0.05) is 18.7 Å². The molecule has 2 aliphatic heterocycles. The lowest BCUT2D eigenvalue weighted by molar-refractivity contribution is -0.0940. The summed E-state index contributed by atoms with van der Waals surface area (Å²) >= 11 is 3.88. The van der Waals surface area contributed by atoms with Crippen molar-refractivity contribution < 1.29 is 4.74 Å². The first kappa shape index (κ1) is 14.9. The third kappa shape index (κ3) is 3.79. The second-order valence-corrected chi connectivity index (χ2v) is 8.24. The molecule has 20 heavy (non-hydrogen) atoms. The molecule has 0 amide bonds. The van der Waals surface area contributed by atoms with E-state index in [0.717, 1.165) is 13.0 Å². The Balaban J connectivity index is 1.51. The van der Waals surface area contributed by atoms with Crippen molar-refractivity contribution in [3.05, 3.63) is 22.4 Å². The first-order chi connectivity index (χ1) is 9.76. The van der Waals surface area contributed by atoms with Gasteiger partial charge in [-0.3, -0.25) is 0 Å². The van der Waals surface area contributed by atoms with Crippen LogP contribution in [-0.4, -0.2) is 35.8 Å². The van der Waals surface area contributed by atoms with Crippen LogP contribution in [0.1, 0.15) is 38.2 Å². The number of hydrogen-bond acceptors (Lipinski definition) is 4. The highest BCUT2D eigenvalue weighted by Gasteiger charge is 2.38. The Morgan fingerprint density at radius 3 is 3.05 bits per heavy atom. The van der Waals surface area contributed by atoms with Gasteiger partial charge in [-0.25, -0.2) is 0 Å². The SMILES string of the molecule is CC(Cc1ccsc1)NC1CCOC2(CCSCC2)C1. The molecular weight excluding hydrogens is 286 g/mol. The molecule has 0 aromatic carbocycles. The van der Waals surface area contributed by atoms with Crippen LogP contribution in [0.4, 0.5) is 0 Å². The molecule has 0 radical (unpaired) electrons. The number of rotatable bonds is 4. The first-order valence-electron chi connectivity index (χ1n) is 7.75. The smallest absolute Gasteiger partial charge is 0.0713 e. The van der Waals surface area contributed by atoms with Crippen molar-refractivity contribution in [2.45, 2.75) is 56.7 Å². The molecule has 2 atom stereocenters. The van der Waals surface area contributed by atoms with Gasteiger partial charge in [-0.05, 0) is 72.9 Å². The van der Waals surface area contributed by atoms with Crippen molar-refractivity contribution >= 4 is 23.1 Å². The molecule has 1 aromatic rings. The van der Waals surface area contributed by atoms with E-state index in [9.17, 15) is 0 Å². The van der Waals surface area contributed by atoms with Crippen LogP contribution in [0.15, 0.2) is 16.8 Å². The molecule has 4 heteroatoms. The average Bonchev–Trinajstić information content (AvgIpc) is 2.92. The van der Waals surface area contributed by atoms with E-state index in [0.29, 0.717) is 12.1 Å². The van der Waals surface area contributed by atoms with Crippen LogP contribution in [0.2, 0.25) is 0 Å². The topological polar surface area (TPSA) is 21.3 Å². The van der Waals surface area contributed by atoms with E-state index in [1.54, 1.807) is 11.3 Å². The van der Waals surface area contributed by atoms with Crippen LogP contribution < -0.4 is 5.32 Å². The molecule has 0 saturated carbocycles. The summed E-state index contributed by atoms with van der Waals surface area (Å²) in [7, 11) is 0. The molecule has 0 bridgehead atoms. The lowest BCUT2D eigenvalue weighted by Crippen LogP contribution is -2.50. The number of thiophene rings is 1. The highest BCUT2D eigenvalue weighted by atomic mass is 32.2. The van der Waals surface area contributed by atoms with Crippen LogP contribution in [-0.2, 0) is 11.2 Å². The third-order valence-corrected chi connectivity index (χ3v) is 6.26. The molecule has 3 heterocycles. The molecule has 2 unspecified atom stereocenters. The molecule has 112 valence electrons. The lowest BCUT2D eigenvalue weighted by Gasteiger charge is -2.44. The Morgan fingerprint density at radius 2 is 2.30 bits per heavy atom. The van der Waals surface area contributed by atoms with E-state index < -0.39 is 0 Å². The Kier molecular flexibility index (Phi) is 5.08. The molecule has 3 rings (SSSR count). The Morgan fingerprint density at radius 1 is 1.45 bits per heavy atom. The zero-order chi connectivity index (χ0) is 13.8. The monoisotopic (exact) mass is 311 g/mol. The summed E-state index contributed by atoms with van der Waals surface area (Å²) in [5.41, 5.74) is 1.66. The lowest BCUT2D eigenvalue weighted by atomic mass is 9.85. The Bertz CT molecular complexity index is 395. The summed E-state index contributed by atoms with van der Waals surface area (Å²) in [6.07, 6.45) is 6.01. The van der Waals surface area contributed by atoms with E-state index >= 15 is 0 Å². The van der Waals surface area contributed by atoms with E-state index in [1.807, 2.05) is 0 Å². The predicted octanol–water partition coefficient (Wildman–Crippen LogP) is 3.71. The maximum Gasteiger partial charge on any atom is 0.0713 e. The molecule has 2 saturated heterocycles. The van der Waals surface area contributed by atoms with Gasteiger partial charge in [0.2, 0.25) is 0 Å². The van der Waals surface area contributed by atoms with Crippen molar-refractivity contribution in [2.75, 3.05) is 18.1 Å². The normalized spacial score (nSPS) is 27.6. The molecule has 2 nitrogen and oxygen atoms in total. The number of ether oxygens (including phenoxy) is 1. The van der Waals surface area contributed by atoms with Gasteiger partial charge in [0.1, 0.15) is 0 Å². The minimum Gasteiger partial charge on any atom is -0.375 e. The maximum atomic E-state index is 6.17. The van der Waals surface area contributed by atoms with Crippen LogP contribution in [0, 0.1) is 0 Å². The van der Waals surface area contributed by atoms with Crippen LogP contribution in [0.25, 0.3) is 0 Å². The molecule has 0 aliphatic carbocycles. The molecule has 1 spiro atoms. The van der Waals surface area contributed by atoms with E-state index in [2.05, 4.69) is 40.8 Å². The molecule has 2 fully saturated rings. The first-order valence-corrected chi connectivity index (χ1v) is 9.84. The quantitative estimate of drug-likeness (QED) is 0.916. The molecule has 1 N–H and O–H groups in total. The van der Waals surface area contributed by atoms with Gasteiger partial charge in [-0.2, -0.15) is 23.1 Å². The van der Waals surface area contributed by atoms with Crippen LogP contribution in [0.5, 0.6) is 0 Å². The van der Waals surface area contributed by atoms with Gasteiger partial charge in [0.05, 0.1) is 5.60 Å². The summed E-state index contributed by atoms with van der Waals surface area (Å²) in [6.45, 7) is 3.25. The van der Waals surface area contributed by atoms with Gasteiger partial charge < -0.3 is 10.1 Å². The van der Waals surface area contributed by atoms with Crippen molar-refractivity contribution in [3.8, 4) is 0 Å². The van der Waals surface area contributed by atoms with E-state index in [-0.39, 0.29) is 5.60 Å². The van der Waals surface area contributed by atoms with Crippen LogP contribution in [0.3, 0.4) is 0 Å². The zero-order valence-corrected chi connectivity index (χ0v) is 13.9.